The molecule has 4 heteroatoms. The number of carbonyl (C=O) groups is 1. The van der Waals surface area contributed by atoms with E-state index in [0.717, 1.165) is 32.4 Å². The van der Waals surface area contributed by atoms with Crippen LogP contribution >= 0.6 is 0 Å². The summed E-state index contributed by atoms with van der Waals surface area (Å²) in [6.45, 7) is 1.71. The molecule has 1 aromatic carbocycles. The van der Waals surface area contributed by atoms with Gasteiger partial charge in [-0.1, -0.05) is 30.3 Å². The van der Waals surface area contributed by atoms with Gasteiger partial charge in [0.1, 0.15) is 0 Å². The maximum Gasteiger partial charge on any atom is 0.220 e. The average Bonchev–Trinajstić information content (AvgIpc) is 2.99. The van der Waals surface area contributed by atoms with Crippen molar-refractivity contribution in [2.24, 2.45) is 0 Å². The van der Waals surface area contributed by atoms with Crippen LogP contribution in [-0.4, -0.2) is 22.0 Å². The lowest BCUT2D eigenvalue weighted by Crippen LogP contribution is -2.24. The Labute approximate surface area is 119 Å². The molecule has 4 nitrogen and oxygen atoms in total. The third kappa shape index (κ3) is 5.26. The topological polar surface area (TPSA) is 46.9 Å². The fourth-order valence-corrected chi connectivity index (χ4v) is 2.06. The zero-order chi connectivity index (χ0) is 14.0. The molecule has 0 radical (unpaired) electrons. The Hall–Kier alpha value is -2.10. The van der Waals surface area contributed by atoms with Gasteiger partial charge in [0.25, 0.3) is 0 Å². The fourth-order valence-electron chi connectivity index (χ4n) is 2.06. The fraction of sp³-hybridized carbons (Fsp3) is 0.375. The summed E-state index contributed by atoms with van der Waals surface area (Å²) in [5.74, 6) is 0.136. The van der Waals surface area contributed by atoms with E-state index < -0.39 is 0 Å². The molecule has 0 aliphatic carbocycles. The van der Waals surface area contributed by atoms with Crippen molar-refractivity contribution in [3.8, 4) is 0 Å². The van der Waals surface area contributed by atoms with Gasteiger partial charge in [0.15, 0.2) is 0 Å². The molecule has 0 aliphatic heterocycles. The lowest BCUT2D eigenvalue weighted by atomic mass is 10.1. The Morgan fingerprint density at radius 2 is 2.05 bits per heavy atom. The van der Waals surface area contributed by atoms with Crippen LogP contribution in [0, 0.1) is 0 Å². The molecule has 0 spiro atoms. The number of imidazole rings is 1. The van der Waals surface area contributed by atoms with Crippen LogP contribution in [0.1, 0.15) is 24.8 Å². The van der Waals surface area contributed by atoms with Crippen molar-refractivity contribution in [2.45, 2.75) is 32.2 Å². The highest BCUT2D eigenvalue weighted by molar-refractivity contribution is 5.76. The second-order valence-electron chi connectivity index (χ2n) is 4.84. The first-order valence-corrected chi connectivity index (χ1v) is 7.11. The van der Waals surface area contributed by atoms with Gasteiger partial charge in [0.05, 0.1) is 6.33 Å². The molecular weight excluding hydrogens is 250 g/mol. The highest BCUT2D eigenvalue weighted by Crippen LogP contribution is 2.02. The molecule has 2 aromatic rings. The summed E-state index contributed by atoms with van der Waals surface area (Å²) in [7, 11) is 0. The summed E-state index contributed by atoms with van der Waals surface area (Å²) in [5.41, 5.74) is 1.21. The van der Waals surface area contributed by atoms with E-state index >= 15 is 0 Å². The second-order valence-corrected chi connectivity index (χ2v) is 4.84. The lowest BCUT2D eigenvalue weighted by molar-refractivity contribution is -0.121. The van der Waals surface area contributed by atoms with Gasteiger partial charge in [-0.15, -0.1) is 0 Å². The van der Waals surface area contributed by atoms with Crippen LogP contribution in [0.15, 0.2) is 49.1 Å². The molecule has 20 heavy (non-hydrogen) atoms. The molecule has 0 fully saturated rings. The molecule has 106 valence electrons. The number of hydrogen-bond donors (Lipinski definition) is 1. The first kappa shape index (κ1) is 14.3. The second kappa shape index (κ2) is 8.15. The maximum atomic E-state index is 11.7. The quantitative estimate of drug-likeness (QED) is 0.749. The smallest absolute Gasteiger partial charge is 0.220 e. The van der Waals surface area contributed by atoms with Gasteiger partial charge in [0.2, 0.25) is 5.91 Å². The van der Waals surface area contributed by atoms with Crippen molar-refractivity contribution in [1.29, 1.82) is 0 Å². The highest BCUT2D eigenvalue weighted by Gasteiger charge is 2.01. The van der Waals surface area contributed by atoms with Crippen LogP contribution in [0.5, 0.6) is 0 Å². The Morgan fingerprint density at radius 1 is 1.20 bits per heavy atom. The number of nitrogens with zero attached hydrogens (tertiary/aromatic N) is 2. The van der Waals surface area contributed by atoms with Crippen LogP contribution in [0.3, 0.4) is 0 Å². The zero-order valence-corrected chi connectivity index (χ0v) is 11.7. The number of nitrogens with one attached hydrogen (secondary N) is 1. The van der Waals surface area contributed by atoms with E-state index in [-0.39, 0.29) is 5.91 Å². The van der Waals surface area contributed by atoms with Crippen molar-refractivity contribution < 1.29 is 4.79 Å². The highest BCUT2D eigenvalue weighted by atomic mass is 16.1. The molecule has 1 amide bonds. The van der Waals surface area contributed by atoms with E-state index in [4.69, 9.17) is 0 Å². The zero-order valence-electron chi connectivity index (χ0n) is 11.7. The van der Waals surface area contributed by atoms with E-state index in [2.05, 4.69) is 27.0 Å². The predicted molar refractivity (Wildman–Crippen MR) is 79.2 cm³/mol. The molecule has 2 rings (SSSR count). The monoisotopic (exact) mass is 271 g/mol. The summed E-state index contributed by atoms with van der Waals surface area (Å²) in [6.07, 6.45) is 8.97. The molecule has 1 N–H and O–H groups in total. The summed E-state index contributed by atoms with van der Waals surface area (Å²) in [5, 5.41) is 2.97. The van der Waals surface area contributed by atoms with Gasteiger partial charge in [0, 0.05) is 31.9 Å². The Kier molecular flexibility index (Phi) is 5.83. The van der Waals surface area contributed by atoms with Crippen LogP contribution in [0.25, 0.3) is 0 Å². The molecule has 0 aliphatic rings. The van der Waals surface area contributed by atoms with Crippen LogP contribution in [-0.2, 0) is 17.8 Å². The van der Waals surface area contributed by atoms with E-state index in [0.29, 0.717) is 6.42 Å². The third-order valence-electron chi connectivity index (χ3n) is 3.21. The average molecular weight is 271 g/mol. The minimum Gasteiger partial charge on any atom is -0.356 e. The number of rotatable bonds is 8. The number of hydrogen-bond acceptors (Lipinski definition) is 2. The molecule has 0 bridgehead atoms. The van der Waals surface area contributed by atoms with E-state index in [1.54, 1.807) is 6.20 Å². The van der Waals surface area contributed by atoms with Crippen molar-refractivity contribution >= 4 is 5.91 Å². The van der Waals surface area contributed by atoms with E-state index in [1.807, 2.05) is 30.7 Å². The predicted octanol–water partition coefficient (Wildman–Crippen LogP) is 2.41. The normalized spacial score (nSPS) is 10.4. The molecule has 0 atom stereocenters. The van der Waals surface area contributed by atoms with Crippen molar-refractivity contribution in [1.82, 2.24) is 14.9 Å². The minimum atomic E-state index is 0.136. The van der Waals surface area contributed by atoms with Gasteiger partial charge in [-0.25, -0.2) is 4.98 Å². The van der Waals surface area contributed by atoms with Crippen LogP contribution in [0.2, 0.25) is 0 Å². The van der Waals surface area contributed by atoms with Crippen LogP contribution < -0.4 is 5.32 Å². The van der Waals surface area contributed by atoms with E-state index in [9.17, 15) is 4.79 Å². The molecule has 0 saturated carbocycles. The molecule has 0 saturated heterocycles. The summed E-state index contributed by atoms with van der Waals surface area (Å²) >= 11 is 0. The number of aromatic nitrogens is 2. The Morgan fingerprint density at radius 3 is 2.80 bits per heavy atom. The molecule has 1 heterocycles. The van der Waals surface area contributed by atoms with E-state index in [1.165, 1.54) is 5.56 Å². The third-order valence-corrected chi connectivity index (χ3v) is 3.21. The van der Waals surface area contributed by atoms with Gasteiger partial charge in [-0.2, -0.15) is 0 Å². The first-order chi connectivity index (χ1) is 9.84. The molecule has 1 aromatic heterocycles. The lowest BCUT2D eigenvalue weighted by Gasteiger charge is -2.06. The largest absolute Gasteiger partial charge is 0.356 e. The first-order valence-electron chi connectivity index (χ1n) is 7.11. The maximum absolute atomic E-state index is 11.7. The van der Waals surface area contributed by atoms with Gasteiger partial charge < -0.3 is 9.88 Å². The summed E-state index contributed by atoms with van der Waals surface area (Å²) < 4.78 is 2.05. The Balaban J connectivity index is 1.52. The van der Waals surface area contributed by atoms with Crippen LogP contribution in [0.4, 0.5) is 0 Å². The molecule has 0 unspecified atom stereocenters. The van der Waals surface area contributed by atoms with Gasteiger partial charge in [-0.3, -0.25) is 4.79 Å². The van der Waals surface area contributed by atoms with Crippen molar-refractivity contribution in [3.63, 3.8) is 0 Å². The number of amides is 1. The SMILES string of the molecule is O=C(CCc1ccccc1)NCCCCn1ccnc1. The summed E-state index contributed by atoms with van der Waals surface area (Å²) in [4.78, 5) is 15.7. The van der Waals surface area contributed by atoms with Crippen molar-refractivity contribution in [2.75, 3.05) is 6.54 Å². The number of carbonyl (C=O) groups excluding carboxylic acids is 1. The Bertz CT molecular complexity index is 494. The number of aryl methyl sites for hydroxylation is 2. The standard InChI is InChI=1S/C16H21N3O/c20-16(9-8-15-6-2-1-3-7-15)18-10-4-5-12-19-13-11-17-14-19/h1-3,6-7,11,13-14H,4-5,8-10,12H2,(H,18,20). The molecular formula is C16H21N3O. The summed E-state index contributed by atoms with van der Waals surface area (Å²) in [6, 6.07) is 10.1. The minimum absolute atomic E-state index is 0.136. The van der Waals surface area contributed by atoms with Gasteiger partial charge in [-0.05, 0) is 24.8 Å². The van der Waals surface area contributed by atoms with Crippen molar-refractivity contribution in [3.05, 3.63) is 54.6 Å². The number of unbranched alkanes of at least 4 members (excludes halogenated alkanes) is 1. The van der Waals surface area contributed by atoms with Gasteiger partial charge >= 0.3 is 0 Å². The number of benzene rings is 1.